The highest BCUT2D eigenvalue weighted by Crippen LogP contribution is 2.18. The summed E-state index contributed by atoms with van der Waals surface area (Å²) in [6.45, 7) is 6.06. The Morgan fingerprint density at radius 2 is 2.25 bits per heavy atom. The number of aryl methyl sites for hydroxylation is 1. The van der Waals surface area contributed by atoms with Gasteiger partial charge in [-0.2, -0.15) is 0 Å². The third-order valence-corrected chi connectivity index (χ3v) is 4.21. The normalized spacial score (nSPS) is 11.0. The standard InChI is InChI=1S/C11H16N6OS2/c1-4-8-14-17-11(20-8)12-7(18)5-19-10-13-9(6(2)3)15-16-10/h6H,4-5H2,1-3H3,(H,12,17,18)(H,13,15,16). The molecule has 0 aliphatic rings. The highest BCUT2D eigenvalue weighted by atomic mass is 32.2. The maximum atomic E-state index is 11.8. The first kappa shape index (κ1) is 14.9. The maximum Gasteiger partial charge on any atom is 0.236 e. The number of rotatable bonds is 6. The number of hydrogen-bond donors (Lipinski definition) is 2. The van der Waals surface area contributed by atoms with Gasteiger partial charge in [0.05, 0.1) is 5.75 Å². The van der Waals surface area contributed by atoms with Gasteiger partial charge in [0.2, 0.25) is 16.2 Å². The third-order valence-electron chi connectivity index (χ3n) is 2.38. The van der Waals surface area contributed by atoms with Crippen LogP contribution in [0.15, 0.2) is 5.16 Å². The van der Waals surface area contributed by atoms with E-state index in [1.54, 1.807) is 0 Å². The molecule has 2 rings (SSSR count). The van der Waals surface area contributed by atoms with Crippen LogP contribution in [0.4, 0.5) is 5.13 Å². The van der Waals surface area contributed by atoms with Gasteiger partial charge in [0.25, 0.3) is 0 Å². The molecule has 0 spiro atoms. The summed E-state index contributed by atoms with van der Waals surface area (Å²) in [5.74, 6) is 1.23. The number of H-pyrrole nitrogens is 1. The largest absolute Gasteiger partial charge is 0.300 e. The van der Waals surface area contributed by atoms with Crippen LogP contribution in [0.25, 0.3) is 0 Å². The van der Waals surface area contributed by atoms with E-state index in [4.69, 9.17) is 0 Å². The molecule has 0 fully saturated rings. The molecule has 0 saturated heterocycles. The summed E-state index contributed by atoms with van der Waals surface area (Å²) < 4.78 is 0. The molecule has 2 heterocycles. The number of thioether (sulfide) groups is 1. The molecule has 2 aromatic heterocycles. The van der Waals surface area contributed by atoms with Gasteiger partial charge in [0, 0.05) is 5.92 Å². The first-order valence-electron chi connectivity index (χ1n) is 6.25. The van der Waals surface area contributed by atoms with Gasteiger partial charge >= 0.3 is 0 Å². The number of carbonyl (C=O) groups excluding carboxylic acids is 1. The second-order valence-electron chi connectivity index (χ2n) is 4.35. The Morgan fingerprint density at radius 3 is 2.85 bits per heavy atom. The molecule has 0 aliphatic heterocycles. The zero-order valence-corrected chi connectivity index (χ0v) is 13.1. The van der Waals surface area contributed by atoms with Gasteiger partial charge in [-0.15, -0.1) is 15.3 Å². The lowest BCUT2D eigenvalue weighted by molar-refractivity contribution is -0.113. The first-order valence-corrected chi connectivity index (χ1v) is 8.06. The molecule has 0 aromatic carbocycles. The van der Waals surface area contributed by atoms with E-state index in [1.165, 1.54) is 23.1 Å². The fraction of sp³-hybridized carbons (Fsp3) is 0.545. The van der Waals surface area contributed by atoms with Crippen molar-refractivity contribution in [2.75, 3.05) is 11.1 Å². The minimum Gasteiger partial charge on any atom is -0.300 e. The van der Waals surface area contributed by atoms with Crippen LogP contribution in [-0.4, -0.2) is 37.0 Å². The van der Waals surface area contributed by atoms with Crippen LogP contribution in [-0.2, 0) is 11.2 Å². The van der Waals surface area contributed by atoms with E-state index in [0.717, 1.165) is 17.3 Å². The fourth-order valence-corrected chi connectivity index (χ4v) is 2.61. The van der Waals surface area contributed by atoms with Crippen molar-refractivity contribution >= 4 is 34.1 Å². The number of nitrogens with zero attached hydrogens (tertiary/aromatic N) is 4. The van der Waals surface area contributed by atoms with Crippen molar-refractivity contribution in [1.29, 1.82) is 0 Å². The van der Waals surface area contributed by atoms with Crippen molar-refractivity contribution in [2.45, 2.75) is 38.3 Å². The van der Waals surface area contributed by atoms with E-state index < -0.39 is 0 Å². The number of aromatic nitrogens is 5. The predicted molar refractivity (Wildman–Crippen MR) is 79.1 cm³/mol. The highest BCUT2D eigenvalue weighted by molar-refractivity contribution is 7.99. The van der Waals surface area contributed by atoms with E-state index in [9.17, 15) is 4.79 Å². The minimum absolute atomic E-state index is 0.135. The van der Waals surface area contributed by atoms with Crippen LogP contribution < -0.4 is 5.32 Å². The second kappa shape index (κ2) is 6.80. The maximum absolute atomic E-state index is 11.8. The average Bonchev–Trinajstić information content (AvgIpc) is 3.05. The molecular weight excluding hydrogens is 296 g/mol. The smallest absolute Gasteiger partial charge is 0.236 e. The molecule has 0 aliphatic carbocycles. The van der Waals surface area contributed by atoms with E-state index in [0.29, 0.717) is 16.2 Å². The Hall–Kier alpha value is -1.48. The molecule has 2 N–H and O–H groups in total. The molecule has 0 atom stereocenters. The highest BCUT2D eigenvalue weighted by Gasteiger charge is 2.11. The number of amides is 1. The lowest BCUT2D eigenvalue weighted by atomic mass is 10.2. The molecule has 9 heteroatoms. The molecule has 108 valence electrons. The van der Waals surface area contributed by atoms with Crippen LogP contribution >= 0.6 is 23.1 Å². The molecule has 7 nitrogen and oxygen atoms in total. The minimum atomic E-state index is -0.135. The number of carbonyl (C=O) groups is 1. The zero-order valence-electron chi connectivity index (χ0n) is 11.5. The Labute approximate surface area is 125 Å². The van der Waals surface area contributed by atoms with Gasteiger partial charge in [-0.25, -0.2) is 4.98 Å². The van der Waals surface area contributed by atoms with Crippen molar-refractivity contribution in [3.63, 3.8) is 0 Å². The van der Waals surface area contributed by atoms with E-state index in [1.807, 2.05) is 20.8 Å². The monoisotopic (exact) mass is 312 g/mol. The van der Waals surface area contributed by atoms with Gasteiger partial charge in [0.15, 0.2) is 0 Å². The lowest BCUT2D eigenvalue weighted by Gasteiger charge is -1.98. The van der Waals surface area contributed by atoms with Crippen molar-refractivity contribution in [2.24, 2.45) is 0 Å². The summed E-state index contributed by atoms with van der Waals surface area (Å²) in [4.78, 5) is 16.1. The molecule has 20 heavy (non-hydrogen) atoms. The number of anilines is 1. The summed E-state index contributed by atoms with van der Waals surface area (Å²) in [6, 6.07) is 0. The van der Waals surface area contributed by atoms with Gasteiger partial charge in [0.1, 0.15) is 10.8 Å². The van der Waals surface area contributed by atoms with Crippen molar-refractivity contribution in [3.8, 4) is 0 Å². The van der Waals surface area contributed by atoms with E-state index in [2.05, 4.69) is 30.7 Å². The number of nitrogens with one attached hydrogen (secondary N) is 2. The van der Waals surface area contributed by atoms with Crippen LogP contribution in [0.3, 0.4) is 0 Å². The molecule has 2 aromatic rings. The summed E-state index contributed by atoms with van der Waals surface area (Å²) in [6.07, 6.45) is 0.817. The second-order valence-corrected chi connectivity index (χ2v) is 6.35. The molecule has 1 amide bonds. The van der Waals surface area contributed by atoms with Crippen LogP contribution in [0, 0.1) is 0 Å². The van der Waals surface area contributed by atoms with Crippen LogP contribution in [0.1, 0.15) is 37.5 Å². The summed E-state index contributed by atoms with van der Waals surface area (Å²) in [5.41, 5.74) is 0. The predicted octanol–water partition coefficient (Wildman–Crippen LogP) is 2.07. The SMILES string of the molecule is CCc1nnc(NC(=O)CSc2n[nH]c(C(C)C)n2)s1. The van der Waals surface area contributed by atoms with Crippen LogP contribution in [0.2, 0.25) is 0 Å². The molecule has 0 bridgehead atoms. The molecule has 0 saturated carbocycles. The van der Waals surface area contributed by atoms with Gasteiger partial charge in [-0.3, -0.25) is 15.2 Å². The van der Waals surface area contributed by atoms with Gasteiger partial charge < -0.3 is 0 Å². The molecule has 0 radical (unpaired) electrons. The zero-order chi connectivity index (χ0) is 14.5. The van der Waals surface area contributed by atoms with E-state index in [-0.39, 0.29) is 11.7 Å². The summed E-state index contributed by atoms with van der Waals surface area (Å²) in [5, 5.41) is 19.5. The van der Waals surface area contributed by atoms with Gasteiger partial charge in [-0.1, -0.05) is 43.9 Å². The Balaban J connectivity index is 1.82. The van der Waals surface area contributed by atoms with Gasteiger partial charge in [-0.05, 0) is 6.42 Å². The quantitative estimate of drug-likeness (QED) is 0.793. The first-order chi connectivity index (χ1) is 9.58. The topological polar surface area (TPSA) is 96.5 Å². The van der Waals surface area contributed by atoms with Crippen molar-refractivity contribution < 1.29 is 4.79 Å². The van der Waals surface area contributed by atoms with Crippen LogP contribution in [0.5, 0.6) is 0 Å². The Morgan fingerprint density at radius 1 is 1.45 bits per heavy atom. The van der Waals surface area contributed by atoms with Crippen molar-refractivity contribution in [1.82, 2.24) is 25.4 Å². The Kier molecular flexibility index (Phi) is 5.07. The van der Waals surface area contributed by atoms with E-state index >= 15 is 0 Å². The molecular formula is C11H16N6OS2. The lowest BCUT2D eigenvalue weighted by Crippen LogP contribution is -2.13. The Bertz CT molecular complexity index is 579. The third kappa shape index (κ3) is 4.01. The average molecular weight is 312 g/mol. The summed E-state index contributed by atoms with van der Waals surface area (Å²) in [7, 11) is 0. The fourth-order valence-electron chi connectivity index (χ4n) is 1.31. The van der Waals surface area contributed by atoms with Crippen molar-refractivity contribution in [3.05, 3.63) is 10.8 Å². The summed E-state index contributed by atoms with van der Waals surface area (Å²) >= 11 is 2.68. The molecule has 0 unspecified atom stereocenters. The number of aromatic amines is 1. The number of hydrogen-bond acceptors (Lipinski definition) is 7.